The van der Waals surface area contributed by atoms with Crippen LogP contribution in [0, 0.1) is 6.92 Å². The second-order valence-corrected chi connectivity index (χ2v) is 5.47. The molecule has 0 aliphatic carbocycles. The second-order valence-electron chi connectivity index (χ2n) is 5.47. The first-order valence-corrected chi connectivity index (χ1v) is 7.71. The summed E-state index contributed by atoms with van der Waals surface area (Å²) in [5.74, 6) is -0.735. The first kappa shape index (κ1) is 17.2. The highest BCUT2D eigenvalue weighted by Gasteiger charge is 2.17. The van der Waals surface area contributed by atoms with Gasteiger partial charge in [-0.15, -0.1) is 5.10 Å². The van der Waals surface area contributed by atoms with Crippen molar-refractivity contribution >= 4 is 17.6 Å². The summed E-state index contributed by atoms with van der Waals surface area (Å²) >= 11 is 0. The number of carbonyl (C=O) groups is 2. The number of hydrogen-bond donors (Lipinski definition) is 2. The van der Waals surface area contributed by atoms with E-state index in [4.69, 9.17) is 9.84 Å². The van der Waals surface area contributed by atoms with Gasteiger partial charge in [0.2, 0.25) is 0 Å². The van der Waals surface area contributed by atoms with Crippen LogP contribution in [0.2, 0.25) is 0 Å². The summed E-state index contributed by atoms with van der Waals surface area (Å²) in [5.41, 5.74) is 2.13. The molecule has 3 aromatic rings. The first-order chi connectivity index (χ1) is 12.5. The van der Waals surface area contributed by atoms with E-state index in [2.05, 4.69) is 15.6 Å². The molecule has 0 atom stereocenters. The van der Waals surface area contributed by atoms with E-state index >= 15 is 0 Å². The monoisotopic (exact) mass is 352 g/mol. The number of amides is 1. The van der Waals surface area contributed by atoms with Crippen molar-refractivity contribution < 1.29 is 19.4 Å². The van der Waals surface area contributed by atoms with Gasteiger partial charge in [-0.25, -0.2) is 9.48 Å². The van der Waals surface area contributed by atoms with Gasteiger partial charge in [-0.1, -0.05) is 5.21 Å². The van der Waals surface area contributed by atoms with Crippen molar-refractivity contribution in [3.05, 3.63) is 65.5 Å². The number of nitrogens with one attached hydrogen (secondary N) is 1. The lowest BCUT2D eigenvalue weighted by atomic mass is 10.2. The number of carboxylic acids is 1. The number of hydrogen-bond acceptors (Lipinski definition) is 5. The van der Waals surface area contributed by atoms with E-state index in [1.165, 1.54) is 24.3 Å². The Morgan fingerprint density at radius 3 is 2.31 bits per heavy atom. The lowest BCUT2D eigenvalue weighted by Gasteiger charge is -2.06. The van der Waals surface area contributed by atoms with Gasteiger partial charge in [-0.2, -0.15) is 0 Å². The Bertz CT molecular complexity index is 946. The van der Waals surface area contributed by atoms with Gasteiger partial charge in [0.15, 0.2) is 5.69 Å². The molecule has 0 aliphatic rings. The molecule has 0 unspecified atom stereocenters. The zero-order valence-corrected chi connectivity index (χ0v) is 14.1. The first-order valence-electron chi connectivity index (χ1n) is 7.71. The quantitative estimate of drug-likeness (QED) is 0.731. The Morgan fingerprint density at radius 1 is 1.08 bits per heavy atom. The van der Waals surface area contributed by atoms with Gasteiger partial charge >= 0.3 is 5.97 Å². The summed E-state index contributed by atoms with van der Waals surface area (Å²) in [6.45, 7) is 1.74. The number of ether oxygens (including phenoxy) is 1. The third kappa shape index (κ3) is 3.39. The predicted octanol–water partition coefficient (Wildman–Crippen LogP) is 2.53. The van der Waals surface area contributed by atoms with E-state index < -0.39 is 11.9 Å². The van der Waals surface area contributed by atoms with Crippen LogP contribution in [0.25, 0.3) is 5.69 Å². The Hall–Kier alpha value is -3.68. The highest BCUT2D eigenvalue weighted by molar-refractivity contribution is 6.03. The number of aromatic nitrogens is 3. The molecule has 2 N–H and O–H groups in total. The highest BCUT2D eigenvalue weighted by Crippen LogP contribution is 2.18. The number of aromatic carboxylic acids is 1. The van der Waals surface area contributed by atoms with Crippen LogP contribution in [0.15, 0.2) is 48.5 Å². The molecule has 0 fully saturated rings. The smallest absolute Gasteiger partial charge is 0.335 e. The fourth-order valence-electron chi connectivity index (χ4n) is 2.39. The molecule has 3 rings (SSSR count). The Labute approximate surface area is 149 Å². The third-order valence-electron chi connectivity index (χ3n) is 3.82. The molecule has 1 aromatic heterocycles. The van der Waals surface area contributed by atoms with E-state index in [0.29, 0.717) is 17.1 Å². The van der Waals surface area contributed by atoms with E-state index in [9.17, 15) is 9.59 Å². The van der Waals surface area contributed by atoms with Crippen molar-refractivity contribution in [2.24, 2.45) is 0 Å². The van der Waals surface area contributed by atoms with Gasteiger partial charge in [-0.3, -0.25) is 4.79 Å². The number of benzene rings is 2. The number of methoxy groups -OCH3 is 1. The predicted molar refractivity (Wildman–Crippen MR) is 94.0 cm³/mol. The van der Waals surface area contributed by atoms with Crippen molar-refractivity contribution in [2.75, 3.05) is 12.4 Å². The Morgan fingerprint density at radius 2 is 1.73 bits per heavy atom. The number of nitrogens with zero attached hydrogens (tertiary/aromatic N) is 3. The molecule has 1 heterocycles. The summed E-state index contributed by atoms with van der Waals surface area (Å²) in [7, 11) is 1.58. The van der Waals surface area contributed by atoms with E-state index in [1.54, 1.807) is 30.8 Å². The number of rotatable bonds is 5. The molecule has 8 nitrogen and oxygen atoms in total. The maximum atomic E-state index is 12.4. The largest absolute Gasteiger partial charge is 0.497 e. The van der Waals surface area contributed by atoms with Crippen LogP contribution in [-0.2, 0) is 0 Å². The van der Waals surface area contributed by atoms with Crippen molar-refractivity contribution in [1.29, 1.82) is 0 Å². The van der Waals surface area contributed by atoms with Gasteiger partial charge in [0.05, 0.1) is 24.1 Å². The lowest BCUT2D eigenvalue weighted by Crippen LogP contribution is -2.14. The molecular weight excluding hydrogens is 336 g/mol. The van der Waals surface area contributed by atoms with Crippen LogP contribution >= 0.6 is 0 Å². The van der Waals surface area contributed by atoms with Crippen LogP contribution in [0.3, 0.4) is 0 Å². The highest BCUT2D eigenvalue weighted by atomic mass is 16.5. The summed E-state index contributed by atoms with van der Waals surface area (Å²) in [5, 5.41) is 19.6. The van der Waals surface area contributed by atoms with Gasteiger partial charge in [0.25, 0.3) is 5.91 Å². The van der Waals surface area contributed by atoms with Gasteiger partial charge < -0.3 is 15.2 Å². The maximum absolute atomic E-state index is 12.4. The van der Waals surface area contributed by atoms with Crippen molar-refractivity contribution in [1.82, 2.24) is 15.0 Å². The molecule has 8 heteroatoms. The number of carbonyl (C=O) groups excluding carboxylic acids is 1. The van der Waals surface area contributed by atoms with Crippen LogP contribution in [0.5, 0.6) is 5.75 Å². The molecule has 2 aromatic carbocycles. The van der Waals surface area contributed by atoms with E-state index in [0.717, 1.165) is 5.69 Å². The molecule has 0 saturated carbocycles. The summed E-state index contributed by atoms with van der Waals surface area (Å²) in [6.07, 6.45) is 0. The molecule has 0 radical (unpaired) electrons. The van der Waals surface area contributed by atoms with Crippen molar-refractivity contribution in [3.8, 4) is 11.4 Å². The average Bonchev–Trinajstić information content (AvgIpc) is 3.04. The summed E-state index contributed by atoms with van der Waals surface area (Å²) < 4.78 is 6.68. The topological polar surface area (TPSA) is 106 Å². The van der Waals surface area contributed by atoms with Gasteiger partial charge in [-0.05, 0) is 55.5 Å². The molecule has 0 spiro atoms. The summed E-state index contributed by atoms with van der Waals surface area (Å²) in [6, 6.07) is 13.1. The van der Waals surface area contributed by atoms with Crippen LogP contribution in [0.4, 0.5) is 5.69 Å². The van der Waals surface area contributed by atoms with Crippen LogP contribution in [-0.4, -0.2) is 39.1 Å². The standard InChI is InChI=1S/C18H16N4O4/c1-11-16(17(23)19-13-5-3-12(4-6-13)18(24)25)20-21-22(11)14-7-9-15(26-2)10-8-14/h3-10H,1-2H3,(H,19,23)(H,24,25). The minimum Gasteiger partial charge on any atom is -0.497 e. The number of carboxylic acid groups (broad SMARTS) is 1. The SMILES string of the molecule is COc1ccc(-n2nnc(C(=O)Nc3ccc(C(=O)O)cc3)c2C)cc1. The third-order valence-corrected chi connectivity index (χ3v) is 3.82. The van der Waals surface area contributed by atoms with E-state index in [-0.39, 0.29) is 11.3 Å². The van der Waals surface area contributed by atoms with Crippen molar-refractivity contribution in [3.63, 3.8) is 0 Å². The van der Waals surface area contributed by atoms with Crippen LogP contribution < -0.4 is 10.1 Å². The van der Waals surface area contributed by atoms with E-state index in [1.807, 2.05) is 12.1 Å². The lowest BCUT2D eigenvalue weighted by molar-refractivity contribution is 0.0696. The zero-order valence-electron chi connectivity index (χ0n) is 14.1. The molecule has 0 bridgehead atoms. The Balaban J connectivity index is 1.79. The average molecular weight is 352 g/mol. The summed E-state index contributed by atoms with van der Waals surface area (Å²) in [4.78, 5) is 23.3. The minimum atomic E-state index is -1.03. The fraction of sp³-hybridized carbons (Fsp3) is 0.111. The van der Waals surface area contributed by atoms with Gasteiger partial charge in [0.1, 0.15) is 5.75 Å². The molecule has 132 valence electrons. The molecule has 1 amide bonds. The second kappa shape index (κ2) is 7.06. The van der Waals surface area contributed by atoms with Crippen molar-refractivity contribution in [2.45, 2.75) is 6.92 Å². The van der Waals surface area contributed by atoms with Gasteiger partial charge in [0, 0.05) is 5.69 Å². The maximum Gasteiger partial charge on any atom is 0.335 e. The zero-order chi connectivity index (χ0) is 18.7. The number of anilines is 1. The minimum absolute atomic E-state index is 0.143. The normalized spacial score (nSPS) is 10.4. The molecule has 0 aliphatic heterocycles. The fourth-order valence-corrected chi connectivity index (χ4v) is 2.39. The Kier molecular flexibility index (Phi) is 4.66. The van der Waals surface area contributed by atoms with Crippen LogP contribution in [0.1, 0.15) is 26.5 Å². The molecule has 26 heavy (non-hydrogen) atoms. The molecule has 0 saturated heterocycles. The molecular formula is C18H16N4O4.